The van der Waals surface area contributed by atoms with Gasteiger partial charge in [-0.1, -0.05) is 13.8 Å². The molecule has 2 atom stereocenters. The van der Waals surface area contributed by atoms with Crippen LogP contribution in [-0.4, -0.2) is 35.6 Å². The lowest BCUT2D eigenvalue weighted by Gasteiger charge is -2.40. The number of nitriles is 1. The van der Waals surface area contributed by atoms with E-state index in [4.69, 9.17) is 0 Å². The highest BCUT2D eigenvalue weighted by atomic mass is 15.2. The molecule has 20 heavy (non-hydrogen) atoms. The zero-order chi connectivity index (χ0) is 15.3. The summed E-state index contributed by atoms with van der Waals surface area (Å²) in [6.07, 6.45) is 3.51. The molecule has 1 saturated heterocycles. The van der Waals surface area contributed by atoms with Crippen molar-refractivity contribution in [1.82, 2.24) is 10.2 Å². The van der Waals surface area contributed by atoms with Gasteiger partial charge in [0.1, 0.15) is 5.54 Å². The first-order valence-electron chi connectivity index (χ1n) is 8.20. The molecule has 0 bridgehead atoms. The van der Waals surface area contributed by atoms with Crippen molar-refractivity contribution >= 4 is 0 Å². The molecule has 1 fully saturated rings. The van der Waals surface area contributed by atoms with Crippen LogP contribution in [-0.2, 0) is 0 Å². The molecule has 0 aromatic rings. The predicted molar refractivity (Wildman–Crippen MR) is 85.5 cm³/mol. The summed E-state index contributed by atoms with van der Waals surface area (Å²) in [4.78, 5) is 2.57. The molecule has 1 N–H and O–H groups in total. The first-order chi connectivity index (χ1) is 9.27. The van der Waals surface area contributed by atoms with Gasteiger partial charge in [0.2, 0.25) is 0 Å². The fraction of sp³-hybridized carbons (Fsp3) is 0.941. The van der Waals surface area contributed by atoms with Crippen LogP contribution in [0.3, 0.4) is 0 Å². The van der Waals surface area contributed by atoms with Crippen LogP contribution in [0.1, 0.15) is 60.8 Å². The van der Waals surface area contributed by atoms with E-state index in [-0.39, 0.29) is 0 Å². The predicted octanol–water partition coefficient (Wildman–Crippen LogP) is 3.41. The molecule has 2 unspecified atom stereocenters. The Morgan fingerprint density at radius 1 is 1.20 bits per heavy atom. The SMILES string of the molecule is CC(C)NC(C)(C#N)CC(C)N1CCC(C(C)C)CC1. The Morgan fingerprint density at radius 2 is 1.75 bits per heavy atom. The Hall–Kier alpha value is -0.590. The van der Waals surface area contributed by atoms with Crippen molar-refractivity contribution in [3.63, 3.8) is 0 Å². The van der Waals surface area contributed by atoms with E-state index in [9.17, 15) is 5.26 Å². The summed E-state index contributed by atoms with van der Waals surface area (Å²) in [6, 6.07) is 3.29. The van der Waals surface area contributed by atoms with Crippen LogP contribution in [0.25, 0.3) is 0 Å². The van der Waals surface area contributed by atoms with Crippen molar-refractivity contribution in [3.05, 3.63) is 0 Å². The third-order valence-corrected chi connectivity index (χ3v) is 4.70. The molecule has 0 spiro atoms. The van der Waals surface area contributed by atoms with Crippen LogP contribution in [0.2, 0.25) is 0 Å². The monoisotopic (exact) mass is 279 g/mol. The highest BCUT2D eigenvalue weighted by Crippen LogP contribution is 2.27. The molecule has 0 aromatic heterocycles. The van der Waals surface area contributed by atoms with Gasteiger partial charge in [0.15, 0.2) is 0 Å². The minimum atomic E-state index is -0.414. The number of nitrogens with zero attached hydrogens (tertiary/aromatic N) is 2. The molecule has 0 radical (unpaired) electrons. The maximum absolute atomic E-state index is 9.47. The molecule has 1 rings (SSSR count). The maximum Gasteiger partial charge on any atom is 0.105 e. The number of likely N-dealkylation sites (tertiary alicyclic amines) is 1. The lowest BCUT2D eigenvalue weighted by molar-refractivity contribution is 0.106. The van der Waals surface area contributed by atoms with E-state index in [1.54, 1.807) is 0 Å². The molecule has 0 aromatic carbocycles. The molecule has 3 heteroatoms. The van der Waals surface area contributed by atoms with Crippen molar-refractivity contribution in [2.45, 2.75) is 78.4 Å². The highest BCUT2D eigenvalue weighted by Gasteiger charge is 2.31. The second-order valence-electron chi connectivity index (χ2n) is 7.41. The summed E-state index contributed by atoms with van der Waals surface area (Å²) in [7, 11) is 0. The average molecular weight is 279 g/mol. The molecule has 1 aliphatic heterocycles. The van der Waals surface area contributed by atoms with Gasteiger partial charge in [-0.2, -0.15) is 5.26 Å². The average Bonchev–Trinajstić information content (AvgIpc) is 2.37. The van der Waals surface area contributed by atoms with E-state index in [0.717, 1.165) is 18.3 Å². The highest BCUT2D eigenvalue weighted by molar-refractivity contribution is 5.06. The van der Waals surface area contributed by atoms with Gasteiger partial charge in [-0.25, -0.2) is 0 Å². The lowest BCUT2D eigenvalue weighted by atomic mass is 9.85. The van der Waals surface area contributed by atoms with Crippen molar-refractivity contribution in [2.24, 2.45) is 11.8 Å². The van der Waals surface area contributed by atoms with E-state index in [0.29, 0.717) is 12.1 Å². The summed E-state index contributed by atoms with van der Waals surface area (Å²) in [6.45, 7) is 15.6. The van der Waals surface area contributed by atoms with Crippen LogP contribution >= 0.6 is 0 Å². The van der Waals surface area contributed by atoms with Gasteiger partial charge in [0.05, 0.1) is 6.07 Å². The lowest BCUT2D eigenvalue weighted by Crippen LogP contribution is -2.51. The van der Waals surface area contributed by atoms with Gasteiger partial charge in [0.25, 0.3) is 0 Å². The van der Waals surface area contributed by atoms with Crippen LogP contribution in [0.5, 0.6) is 0 Å². The second kappa shape index (κ2) is 7.43. The molecular formula is C17H33N3. The number of rotatable bonds is 6. The van der Waals surface area contributed by atoms with Crippen LogP contribution in [0, 0.1) is 23.2 Å². The minimum Gasteiger partial charge on any atom is -0.301 e. The van der Waals surface area contributed by atoms with Gasteiger partial charge in [-0.15, -0.1) is 0 Å². The normalized spacial score (nSPS) is 22.8. The molecule has 1 aliphatic rings. The first kappa shape index (κ1) is 17.5. The molecule has 0 aliphatic carbocycles. The van der Waals surface area contributed by atoms with E-state index in [2.05, 4.69) is 50.9 Å². The zero-order valence-electron chi connectivity index (χ0n) is 14.2. The summed E-state index contributed by atoms with van der Waals surface area (Å²) < 4.78 is 0. The topological polar surface area (TPSA) is 39.1 Å². The van der Waals surface area contributed by atoms with Crippen molar-refractivity contribution < 1.29 is 0 Å². The second-order valence-corrected chi connectivity index (χ2v) is 7.41. The van der Waals surface area contributed by atoms with E-state index in [1.807, 2.05) is 6.92 Å². The quantitative estimate of drug-likeness (QED) is 0.810. The number of nitrogens with one attached hydrogen (secondary N) is 1. The molecule has 116 valence electrons. The third kappa shape index (κ3) is 5.07. The molecule has 0 amide bonds. The Balaban J connectivity index is 2.51. The third-order valence-electron chi connectivity index (χ3n) is 4.70. The zero-order valence-corrected chi connectivity index (χ0v) is 14.2. The van der Waals surface area contributed by atoms with Gasteiger partial charge in [-0.05, 0) is 71.9 Å². The van der Waals surface area contributed by atoms with Crippen molar-refractivity contribution in [2.75, 3.05) is 13.1 Å². The summed E-state index contributed by atoms with van der Waals surface area (Å²) in [5, 5.41) is 12.9. The largest absolute Gasteiger partial charge is 0.301 e. The van der Waals surface area contributed by atoms with Gasteiger partial charge < -0.3 is 4.90 Å². The molecular weight excluding hydrogens is 246 g/mol. The van der Waals surface area contributed by atoms with Crippen molar-refractivity contribution in [1.29, 1.82) is 5.26 Å². The Bertz CT molecular complexity index is 324. The fourth-order valence-electron chi connectivity index (χ4n) is 3.52. The van der Waals surface area contributed by atoms with Gasteiger partial charge in [-0.3, -0.25) is 5.32 Å². The standard InChI is InChI=1S/C17H33N3/c1-13(2)16-7-9-20(10-8-16)15(5)11-17(6,12-18)19-14(3)4/h13-16,19H,7-11H2,1-6H3. The number of hydrogen-bond acceptors (Lipinski definition) is 3. The minimum absolute atomic E-state index is 0.346. The van der Waals surface area contributed by atoms with Crippen LogP contribution in [0.15, 0.2) is 0 Å². The van der Waals surface area contributed by atoms with Gasteiger partial charge in [0, 0.05) is 12.1 Å². The van der Waals surface area contributed by atoms with Crippen LogP contribution in [0.4, 0.5) is 0 Å². The number of piperidine rings is 1. The van der Waals surface area contributed by atoms with Crippen LogP contribution < -0.4 is 5.32 Å². The fourth-order valence-corrected chi connectivity index (χ4v) is 3.52. The Kier molecular flexibility index (Phi) is 6.48. The van der Waals surface area contributed by atoms with E-state index in [1.165, 1.54) is 25.9 Å². The summed E-state index contributed by atoms with van der Waals surface area (Å²) in [5.74, 6) is 1.69. The summed E-state index contributed by atoms with van der Waals surface area (Å²) in [5.41, 5.74) is -0.414. The van der Waals surface area contributed by atoms with Crippen molar-refractivity contribution in [3.8, 4) is 6.07 Å². The van der Waals surface area contributed by atoms with Gasteiger partial charge >= 0.3 is 0 Å². The Morgan fingerprint density at radius 3 is 2.15 bits per heavy atom. The molecule has 1 heterocycles. The molecule has 0 saturated carbocycles. The smallest absolute Gasteiger partial charge is 0.105 e. The summed E-state index contributed by atoms with van der Waals surface area (Å²) >= 11 is 0. The van der Waals surface area contributed by atoms with E-state index < -0.39 is 5.54 Å². The molecule has 3 nitrogen and oxygen atoms in total. The first-order valence-corrected chi connectivity index (χ1v) is 8.20. The maximum atomic E-state index is 9.47. The number of hydrogen-bond donors (Lipinski definition) is 1. The Labute approximate surface area is 125 Å². The van der Waals surface area contributed by atoms with E-state index >= 15 is 0 Å².